The second kappa shape index (κ2) is 11.7. The Morgan fingerprint density at radius 2 is 1.79 bits per heavy atom. The Bertz CT molecular complexity index is 1450. The number of piperazine rings is 1. The van der Waals surface area contributed by atoms with Gasteiger partial charge in [-0.1, -0.05) is 18.7 Å². The summed E-state index contributed by atoms with van der Waals surface area (Å²) < 4.78 is 7.51. The topological polar surface area (TPSA) is 112 Å². The van der Waals surface area contributed by atoms with Crippen LogP contribution in [-0.4, -0.2) is 70.9 Å². The summed E-state index contributed by atoms with van der Waals surface area (Å²) in [6.07, 6.45) is 6.54. The fourth-order valence-electron chi connectivity index (χ4n) is 4.37. The van der Waals surface area contributed by atoms with Crippen LogP contribution in [0, 0.1) is 0 Å². The molecule has 11 heteroatoms. The van der Waals surface area contributed by atoms with E-state index in [1.54, 1.807) is 30.3 Å². The number of hydrogen-bond donors (Lipinski definition) is 3. The number of aromatic nitrogens is 4. The van der Waals surface area contributed by atoms with E-state index >= 15 is 0 Å². The smallest absolute Gasteiger partial charge is 0.247 e. The lowest BCUT2D eigenvalue weighted by molar-refractivity contribution is -0.111. The number of amides is 1. The highest BCUT2D eigenvalue weighted by Gasteiger charge is 2.21. The SMILES string of the molecule is C=CC(=O)Nc1cc(Nc2nccc(Nc3ccccc3-n3cccn3)n2)c(OC)cc1N1CCN(C)CC1. The molecule has 5 rings (SSSR count). The molecule has 0 saturated carbocycles. The molecule has 200 valence electrons. The molecule has 0 spiro atoms. The molecule has 11 nitrogen and oxygen atoms in total. The van der Waals surface area contributed by atoms with Gasteiger partial charge in [-0.25, -0.2) is 9.67 Å². The van der Waals surface area contributed by atoms with E-state index in [0.717, 1.165) is 43.2 Å². The Balaban J connectivity index is 1.43. The third-order valence-electron chi connectivity index (χ3n) is 6.43. The summed E-state index contributed by atoms with van der Waals surface area (Å²) in [4.78, 5) is 25.8. The van der Waals surface area contributed by atoms with E-state index in [2.05, 4.69) is 54.4 Å². The summed E-state index contributed by atoms with van der Waals surface area (Å²) in [5, 5.41) is 13.9. The summed E-state index contributed by atoms with van der Waals surface area (Å²) >= 11 is 0. The third-order valence-corrected chi connectivity index (χ3v) is 6.43. The average Bonchev–Trinajstić information content (AvgIpc) is 3.49. The number of para-hydroxylation sites is 2. The number of rotatable bonds is 9. The first-order valence-corrected chi connectivity index (χ1v) is 12.6. The van der Waals surface area contributed by atoms with Crippen LogP contribution in [0.4, 0.5) is 34.5 Å². The van der Waals surface area contributed by atoms with Crippen molar-refractivity contribution in [1.29, 1.82) is 0 Å². The number of hydrogen-bond acceptors (Lipinski definition) is 9. The van der Waals surface area contributed by atoms with Gasteiger partial charge in [0, 0.05) is 50.8 Å². The molecular formula is C28H31N9O2. The highest BCUT2D eigenvalue weighted by Crippen LogP contribution is 2.38. The maximum atomic E-state index is 12.3. The standard InChI is InChI=1S/C28H31N9O2/c1-4-27(38)32-21-18-22(25(39-3)19-24(21)36-16-14-35(2)15-17-36)33-28-29-12-10-26(34-28)31-20-8-5-6-9-23(20)37-13-7-11-30-37/h4-13,18-19H,1,14-17H2,2-3H3,(H,32,38)(H2,29,31,33,34). The van der Waals surface area contributed by atoms with Crippen molar-refractivity contribution in [2.24, 2.45) is 0 Å². The fraction of sp³-hybridized carbons (Fsp3) is 0.214. The van der Waals surface area contributed by atoms with Crippen LogP contribution in [0.1, 0.15) is 0 Å². The predicted octanol–water partition coefficient (Wildman–Crippen LogP) is 4.03. The van der Waals surface area contributed by atoms with Gasteiger partial charge in [-0.15, -0.1) is 0 Å². The molecule has 1 aliphatic heterocycles. The molecule has 1 aliphatic rings. The zero-order chi connectivity index (χ0) is 27.2. The molecule has 3 heterocycles. The molecule has 0 unspecified atom stereocenters. The van der Waals surface area contributed by atoms with Crippen molar-refractivity contribution < 1.29 is 9.53 Å². The summed E-state index contributed by atoms with van der Waals surface area (Å²) in [6.45, 7) is 7.11. The van der Waals surface area contributed by atoms with E-state index in [-0.39, 0.29) is 5.91 Å². The van der Waals surface area contributed by atoms with Gasteiger partial charge in [0.25, 0.3) is 0 Å². The highest BCUT2D eigenvalue weighted by molar-refractivity contribution is 6.02. The molecule has 0 aliphatic carbocycles. The maximum Gasteiger partial charge on any atom is 0.247 e. The van der Waals surface area contributed by atoms with Crippen molar-refractivity contribution in [3.05, 3.63) is 79.8 Å². The molecule has 0 atom stereocenters. The van der Waals surface area contributed by atoms with Gasteiger partial charge in [-0.3, -0.25) is 4.79 Å². The molecule has 1 fully saturated rings. The molecule has 39 heavy (non-hydrogen) atoms. The first-order valence-electron chi connectivity index (χ1n) is 12.6. The number of nitrogens with zero attached hydrogens (tertiary/aromatic N) is 6. The second-order valence-corrected chi connectivity index (χ2v) is 9.04. The fourth-order valence-corrected chi connectivity index (χ4v) is 4.37. The van der Waals surface area contributed by atoms with Crippen molar-refractivity contribution in [1.82, 2.24) is 24.6 Å². The Labute approximate surface area is 227 Å². The summed E-state index contributed by atoms with van der Waals surface area (Å²) in [6, 6.07) is 15.3. The van der Waals surface area contributed by atoms with Crippen LogP contribution in [0.5, 0.6) is 5.75 Å². The molecule has 1 saturated heterocycles. The predicted molar refractivity (Wildman–Crippen MR) is 154 cm³/mol. The van der Waals surface area contributed by atoms with Crippen LogP contribution >= 0.6 is 0 Å². The van der Waals surface area contributed by atoms with Crippen molar-refractivity contribution in [2.75, 3.05) is 61.2 Å². The number of benzene rings is 2. The Morgan fingerprint density at radius 3 is 2.54 bits per heavy atom. The van der Waals surface area contributed by atoms with E-state index < -0.39 is 0 Å². The summed E-state index contributed by atoms with van der Waals surface area (Å²) in [5.74, 6) is 1.27. The number of ether oxygens (including phenoxy) is 1. The molecular weight excluding hydrogens is 494 g/mol. The molecule has 4 aromatic rings. The van der Waals surface area contributed by atoms with Crippen LogP contribution < -0.4 is 25.6 Å². The Kier molecular flexibility index (Phi) is 7.69. The lowest BCUT2D eigenvalue weighted by atomic mass is 10.1. The van der Waals surface area contributed by atoms with Crippen LogP contribution in [0.15, 0.2) is 79.8 Å². The Morgan fingerprint density at radius 1 is 0.974 bits per heavy atom. The van der Waals surface area contributed by atoms with Gasteiger partial charge in [-0.05, 0) is 43.5 Å². The summed E-state index contributed by atoms with van der Waals surface area (Å²) in [7, 11) is 3.71. The number of carbonyl (C=O) groups is 1. The molecule has 1 amide bonds. The normalized spacial score (nSPS) is 13.5. The quantitative estimate of drug-likeness (QED) is 0.279. The lowest BCUT2D eigenvalue weighted by Gasteiger charge is -2.35. The van der Waals surface area contributed by atoms with Crippen LogP contribution in [0.3, 0.4) is 0 Å². The second-order valence-electron chi connectivity index (χ2n) is 9.04. The van der Waals surface area contributed by atoms with Gasteiger partial charge >= 0.3 is 0 Å². The molecule has 0 bridgehead atoms. The van der Waals surface area contributed by atoms with E-state index in [4.69, 9.17) is 4.74 Å². The Hall–Kier alpha value is -4.90. The number of nitrogens with one attached hydrogen (secondary N) is 3. The van der Waals surface area contributed by atoms with Crippen molar-refractivity contribution in [2.45, 2.75) is 0 Å². The largest absolute Gasteiger partial charge is 0.494 e. The number of anilines is 6. The monoisotopic (exact) mass is 525 g/mol. The van der Waals surface area contributed by atoms with Gasteiger partial charge in [0.05, 0.1) is 35.5 Å². The van der Waals surface area contributed by atoms with Crippen molar-refractivity contribution >= 4 is 40.4 Å². The maximum absolute atomic E-state index is 12.3. The summed E-state index contributed by atoms with van der Waals surface area (Å²) in [5.41, 5.74) is 3.88. The van der Waals surface area contributed by atoms with Gasteiger partial charge < -0.3 is 30.5 Å². The molecule has 2 aromatic heterocycles. The molecule has 0 radical (unpaired) electrons. The van der Waals surface area contributed by atoms with Gasteiger partial charge in [0.15, 0.2) is 0 Å². The average molecular weight is 526 g/mol. The van der Waals surface area contributed by atoms with Crippen LogP contribution in [-0.2, 0) is 4.79 Å². The minimum atomic E-state index is -0.292. The van der Waals surface area contributed by atoms with Gasteiger partial charge in [0.2, 0.25) is 11.9 Å². The van der Waals surface area contributed by atoms with Crippen LogP contribution in [0.2, 0.25) is 0 Å². The van der Waals surface area contributed by atoms with E-state index in [1.807, 2.05) is 48.7 Å². The van der Waals surface area contributed by atoms with Gasteiger partial charge in [0.1, 0.15) is 11.6 Å². The third kappa shape index (κ3) is 5.99. The molecule has 2 aromatic carbocycles. The number of methoxy groups -OCH3 is 1. The highest BCUT2D eigenvalue weighted by atomic mass is 16.5. The van der Waals surface area contributed by atoms with E-state index in [9.17, 15) is 4.79 Å². The zero-order valence-electron chi connectivity index (χ0n) is 22.0. The lowest BCUT2D eigenvalue weighted by Crippen LogP contribution is -2.44. The first kappa shape index (κ1) is 25.7. The molecule has 3 N–H and O–H groups in total. The van der Waals surface area contributed by atoms with E-state index in [1.165, 1.54) is 6.08 Å². The number of carbonyl (C=O) groups excluding carboxylic acids is 1. The van der Waals surface area contributed by atoms with E-state index in [0.29, 0.717) is 28.9 Å². The number of likely N-dealkylation sites (N-methyl/N-ethyl adjacent to an activating group) is 1. The first-order chi connectivity index (χ1) is 19.0. The zero-order valence-corrected chi connectivity index (χ0v) is 22.0. The minimum Gasteiger partial charge on any atom is -0.494 e. The van der Waals surface area contributed by atoms with Gasteiger partial charge in [-0.2, -0.15) is 10.1 Å². The van der Waals surface area contributed by atoms with Crippen molar-refractivity contribution in [3.8, 4) is 11.4 Å². The minimum absolute atomic E-state index is 0.292. The van der Waals surface area contributed by atoms with Crippen molar-refractivity contribution in [3.63, 3.8) is 0 Å². The van der Waals surface area contributed by atoms with Crippen LogP contribution in [0.25, 0.3) is 5.69 Å².